The summed E-state index contributed by atoms with van der Waals surface area (Å²) in [7, 11) is 0. The van der Waals surface area contributed by atoms with Crippen molar-refractivity contribution in [3.8, 4) is 16.8 Å². The minimum absolute atomic E-state index is 0.134. The number of aromatic nitrogens is 5. The van der Waals surface area contributed by atoms with Crippen molar-refractivity contribution in [3.05, 3.63) is 86.6 Å². The molecule has 0 aliphatic rings. The van der Waals surface area contributed by atoms with E-state index in [9.17, 15) is 9.18 Å². The van der Waals surface area contributed by atoms with E-state index >= 15 is 0 Å². The molecule has 2 aromatic carbocycles. The summed E-state index contributed by atoms with van der Waals surface area (Å²) in [6, 6.07) is 12.8. The molecule has 0 fully saturated rings. The highest BCUT2D eigenvalue weighted by Gasteiger charge is 2.18. The van der Waals surface area contributed by atoms with Crippen LogP contribution in [0, 0.1) is 12.7 Å². The van der Waals surface area contributed by atoms with Gasteiger partial charge in [0.1, 0.15) is 11.3 Å². The monoisotopic (exact) mass is 439 g/mol. The number of pyridine rings is 1. The summed E-state index contributed by atoms with van der Waals surface area (Å²) in [4.78, 5) is 13.1. The summed E-state index contributed by atoms with van der Waals surface area (Å²) in [5, 5.41) is 13.6. The highest BCUT2D eigenvalue weighted by Crippen LogP contribution is 2.30. The van der Waals surface area contributed by atoms with Gasteiger partial charge in [-0.25, -0.2) is 8.91 Å². The maximum absolute atomic E-state index is 13.3. The molecule has 0 atom stereocenters. The molecule has 5 aromatic rings. The molecule has 6 nitrogen and oxygen atoms in total. The third kappa shape index (κ3) is 2.78. The zero-order valence-corrected chi connectivity index (χ0v) is 17.0. The van der Waals surface area contributed by atoms with Crippen LogP contribution in [0.2, 0.25) is 10.0 Å². The lowest BCUT2D eigenvalue weighted by Crippen LogP contribution is -2.20. The van der Waals surface area contributed by atoms with E-state index in [0.29, 0.717) is 27.6 Å². The van der Waals surface area contributed by atoms with Crippen LogP contribution < -0.4 is 5.56 Å². The number of halogens is 3. The summed E-state index contributed by atoms with van der Waals surface area (Å²) in [6.07, 6.45) is 1.60. The quantitative estimate of drug-likeness (QED) is 0.394. The lowest BCUT2D eigenvalue weighted by atomic mass is 10.1. The summed E-state index contributed by atoms with van der Waals surface area (Å²) in [5.41, 5.74) is 3.33. The van der Waals surface area contributed by atoms with E-state index in [2.05, 4.69) is 15.3 Å². The summed E-state index contributed by atoms with van der Waals surface area (Å²) >= 11 is 12.4. The molecule has 0 N–H and O–H groups in total. The van der Waals surface area contributed by atoms with Crippen molar-refractivity contribution < 1.29 is 4.39 Å². The molecule has 0 saturated carbocycles. The van der Waals surface area contributed by atoms with Crippen LogP contribution in [0.25, 0.3) is 33.5 Å². The molecule has 0 saturated heterocycles. The normalized spacial score (nSPS) is 11.5. The van der Waals surface area contributed by atoms with E-state index in [4.69, 9.17) is 23.2 Å². The first-order valence-corrected chi connectivity index (χ1v) is 9.69. The number of rotatable bonds is 2. The lowest BCUT2D eigenvalue weighted by molar-refractivity contribution is 0.628. The van der Waals surface area contributed by atoms with Gasteiger partial charge in [-0.1, -0.05) is 41.4 Å². The second-order valence-electron chi connectivity index (χ2n) is 6.70. The minimum atomic E-state index is -0.400. The first-order valence-electron chi connectivity index (χ1n) is 8.93. The van der Waals surface area contributed by atoms with Crippen LogP contribution in [0.4, 0.5) is 4.39 Å². The molecule has 3 aromatic heterocycles. The van der Waals surface area contributed by atoms with Crippen LogP contribution in [0.3, 0.4) is 0 Å². The molecule has 0 radical (unpaired) electrons. The predicted octanol–water partition coefficient (Wildman–Crippen LogP) is 4.85. The second kappa shape index (κ2) is 6.90. The largest absolute Gasteiger partial charge is 0.285 e. The highest BCUT2D eigenvalue weighted by atomic mass is 35.5. The van der Waals surface area contributed by atoms with Crippen LogP contribution >= 0.6 is 23.2 Å². The zero-order valence-electron chi connectivity index (χ0n) is 15.5. The molecule has 5 rings (SSSR count). The van der Waals surface area contributed by atoms with Gasteiger partial charge in [-0.3, -0.25) is 9.36 Å². The minimum Gasteiger partial charge on any atom is -0.281 e. The standard InChI is InChI=1S/C21H12Cl2FN5O/c1-11-17(12-5-7-13(24)8-6-12)20-26-25-19-16(29(20)27-11)9-10-28(21(19)30)15-4-2-3-14(22)18(15)23/h2-10H,1H3. The third-order valence-electron chi connectivity index (χ3n) is 4.88. The van der Waals surface area contributed by atoms with Crippen molar-refractivity contribution in [2.45, 2.75) is 6.92 Å². The van der Waals surface area contributed by atoms with Gasteiger partial charge in [0, 0.05) is 6.20 Å². The van der Waals surface area contributed by atoms with Crippen molar-refractivity contribution in [1.82, 2.24) is 24.4 Å². The van der Waals surface area contributed by atoms with Gasteiger partial charge in [0.15, 0.2) is 11.2 Å². The van der Waals surface area contributed by atoms with E-state index in [1.54, 1.807) is 47.1 Å². The Bertz CT molecular complexity index is 1510. The van der Waals surface area contributed by atoms with Crippen LogP contribution in [0.5, 0.6) is 0 Å². The van der Waals surface area contributed by atoms with Gasteiger partial charge < -0.3 is 0 Å². The molecule has 148 valence electrons. The topological polar surface area (TPSA) is 65.1 Å². The summed E-state index contributed by atoms with van der Waals surface area (Å²) in [5.74, 6) is -0.329. The van der Waals surface area contributed by atoms with Crippen molar-refractivity contribution in [1.29, 1.82) is 0 Å². The maximum atomic E-state index is 13.3. The fourth-order valence-electron chi connectivity index (χ4n) is 3.48. The fraction of sp³-hybridized carbons (Fsp3) is 0.0476. The van der Waals surface area contributed by atoms with Gasteiger partial charge in [0.25, 0.3) is 5.56 Å². The van der Waals surface area contributed by atoms with Crippen LogP contribution in [-0.2, 0) is 0 Å². The third-order valence-corrected chi connectivity index (χ3v) is 5.69. The first kappa shape index (κ1) is 18.7. The van der Waals surface area contributed by atoms with Crippen molar-refractivity contribution in [2.75, 3.05) is 0 Å². The Morgan fingerprint density at radius 2 is 1.77 bits per heavy atom. The Morgan fingerprint density at radius 3 is 2.53 bits per heavy atom. The van der Waals surface area contributed by atoms with E-state index in [1.807, 2.05) is 6.92 Å². The zero-order chi connectivity index (χ0) is 21.0. The van der Waals surface area contributed by atoms with Crippen LogP contribution in [0.15, 0.2) is 59.5 Å². The van der Waals surface area contributed by atoms with Crippen LogP contribution in [0.1, 0.15) is 5.69 Å². The van der Waals surface area contributed by atoms with E-state index in [-0.39, 0.29) is 16.4 Å². The number of hydrogen-bond acceptors (Lipinski definition) is 4. The van der Waals surface area contributed by atoms with Crippen molar-refractivity contribution >= 4 is 39.9 Å². The number of fused-ring (bicyclic) bond motifs is 3. The molecule has 0 aliphatic carbocycles. The molecule has 0 bridgehead atoms. The average molecular weight is 440 g/mol. The number of aryl methyl sites for hydroxylation is 1. The molecule has 0 unspecified atom stereocenters. The molecule has 0 aliphatic heterocycles. The van der Waals surface area contributed by atoms with E-state index in [1.165, 1.54) is 16.7 Å². The van der Waals surface area contributed by atoms with Crippen molar-refractivity contribution in [3.63, 3.8) is 0 Å². The average Bonchev–Trinajstić information content (AvgIpc) is 3.08. The Labute approximate surface area is 179 Å². The number of benzene rings is 2. The highest BCUT2D eigenvalue weighted by molar-refractivity contribution is 6.43. The Balaban J connectivity index is 1.77. The molecule has 30 heavy (non-hydrogen) atoms. The van der Waals surface area contributed by atoms with Crippen molar-refractivity contribution in [2.24, 2.45) is 0 Å². The smallest absolute Gasteiger partial charge is 0.281 e. The first-order chi connectivity index (χ1) is 14.5. The van der Waals surface area contributed by atoms with Gasteiger partial charge in [-0.15, -0.1) is 10.2 Å². The van der Waals surface area contributed by atoms with Gasteiger partial charge in [-0.05, 0) is 42.8 Å². The fourth-order valence-corrected chi connectivity index (χ4v) is 3.86. The predicted molar refractivity (Wildman–Crippen MR) is 114 cm³/mol. The number of hydrogen-bond donors (Lipinski definition) is 0. The molecule has 0 spiro atoms. The summed E-state index contributed by atoms with van der Waals surface area (Å²) in [6.45, 7) is 1.83. The van der Waals surface area contributed by atoms with E-state index in [0.717, 1.165) is 11.1 Å². The molecule has 3 heterocycles. The van der Waals surface area contributed by atoms with Gasteiger partial charge in [0.2, 0.25) is 0 Å². The number of nitrogens with zero attached hydrogens (tertiary/aromatic N) is 5. The van der Waals surface area contributed by atoms with Gasteiger partial charge >= 0.3 is 0 Å². The molecule has 9 heteroatoms. The Kier molecular flexibility index (Phi) is 4.30. The Morgan fingerprint density at radius 1 is 1.00 bits per heavy atom. The molecular formula is C21H12Cl2FN5O. The van der Waals surface area contributed by atoms with Gasteiger partial charge in [-0.2, -0.15) is 5.10 Å². The Hall–Kier alpha value is -3.29. The summed E-state index contributed by atoms with van der Waals surface area (Å²) < 4.78 is 16.3. The molecular weight excluding hydrogens is 428 g/mol. The van der Waals surface area contributed by atoms with Crippen LogP contribution in [-0.4, -0.2) is 24.4 Å². The lowest BCUT2D eigenvalue weighted by Gasteiger charge is -2.10. The maximum Gasteiger partial charge on any atom is 0.285 e. The van der Waals surface area contributed by atoms with Gasteiger partial charge in [0.05, 0.1) is 27.0 Å². The SMILES string of the molecule is Cc1nn2c(nnc3c(=O)n(-c4cccc(Cl)c4Cl)ccc32)c1-c1ccc(F)cc1. The second-order valence-corrected chi connectivity index (χ2v) is 7.49. The molecule has 0 amide bonds. The van der Waals surface area contributed by atoms with E-state index < -0.39 is 5.56 Å².